The number of carboxylic acid groups (broad SMARTS) is 1. The molecule has 1 aromatic carbocycles. The molecule has 0 amide bonds. The fourth-order valence-corrected chi connectivity index (χ4v) is 2.55. The van der Waals surface area contributed by atoms with Crippen LogP contribution in [0, 0.1) is 0 Å². The molecule has 0 spiro atoms. The molecule has 1 N–H and O–H groups in total. The maximum absolute atomic E-state index is 10.8. The Labute approximate surface area is 108 Å². The van der Waals surface area contributed by atoms with E-state index in [1.807, 2.05) is 18.7 Å². The minimum absolute atomic E-state index is 0.106. The molecule has 0 saturated heterocycles. The second kappa shape index (κ2) is 5.53. The third-order valence-corrected chi connectivity index (χ3v) is 3.62. The molecule has 0 radical (unpaired) electrons. The molecular formula is C15H21NO2. The van der Waals surface area contributed by atoms with Gasteiger partial charge in [0.15, 0.2) is 0 Å². The van der Waals surface area contributed by atoms with E-state index < -0.39 is 5.97 Å². The summed E-state index contributed by atoms with van der Waals surface area (Å²) < 4.78 is 0. The van der Waals surface area contributed by atoms with E-state index in [-0.39, 0.29) is 12.6 Å². The average molecular weight is 247 g/mol. The molecule has 0 unspecified atom stereocenters. The summed E-state index contributed by atoms with van der Waals surface area (Å²) in [6.45, 7) is 4.90. The zero-order chi connectivity index (χ0) is 13.1. The summed E-state index contributed by atoms with van der Waals surface area (Å²) in [5.74, 6) is -0.759. The Kier molecular flexibility index (Phi) is 4.02. The van der Waals surface area contributed by atoms with Crippen LogP contribution in [0.1, 0.15) is 37.0 Å². The van der Waals surface area contributed by atoms with Crippen molar-refractivity contribution in [2.75, 3.05) is 6.54 Å². The zero-order valence-corrected chi connectivity index (χ0v) is 11.1. The maximum atomic E-state index is 10.8. The molecule has 1 aliphatic carbocycles. The largest absolute Gasteiger partial charge is 0.480 e. The van der Waals surface area contributed by atoms with Gasteiger partial charge >= 0.3 is 5.97 Å². The maximum Gasteiger partial charge on any atom is 0.317 e. The Balaban J connectivity index is 2.09. The van der Waals surface area contributed by atoms with E-state index in [0.717, 1.165) is 6.54 Å². The van der Waals surface area contributed by atoms with Gasteiger partial charge in [-0.15, -0.1) is 0 Å². The highest BCUT2D eigenvalue weighted by molar-refractivity contribution is 5.69. The predicted octanol–water partition coefficient (Wildman–Crippen LogP) is 2.47. The number of carboxylic acids is 1. The van der Waals surface area contributed by atoms with Gasteiger partial charge in [-0.1, -0.05) is 18.2 Å². The van der Waals surface area contributed by atoms with Gasteiger partial charge in [-0.2, -0.15) is 0 Å². The van der Waals surface area contributed by atoms with Crippen molar-refractivity contribution >= 4 is 5.97 Å². The molecular weight excluding hydrogens is 226 g/mol. The highest BCUT2D eigenvalue weighted by Gasteiger charge is 2.16. The fraction of sp³-hybridized carbons (Fsp3) is 0.533. The van der Waals surface area contributed by atoms with Gasteiger partial charge in [-0.05, 0) is 49.8 Å². The number of hydrogen-bond donors (Lipinski definition) is 1. The molecule has 3 heteroatoms. The first-order valence-corrected chi connectivity index (χ1v) is 6.63. The van der Waals surface area contributed by atoms with Crippen LogP contribution < -0.4 is 0 Å². The monoisotopic (exact) mass is 247 g/mol. The summed E-state index contributed by atoms with van der Waals surface area (Å²) in [6.07, 6.45) is 3.62. The van der Waals surface area contributed by atoms with Crippen molar-refractivity contribution in [1.82, 2.24) is 4.90 Å². The fourth-order valence-electron chi connectivity index (χ4n) is 2.55. The Morgan fingerprint density at radius 1 is 1.33 bits per heavy atom. The second-order valence-electron chi connectivity index (χ2n) is 5.35. The van der Waals surface area contributed by atoms with Crippen LogP contribution in [0.25, 0.3) is 0 Å². The quantitative estimate of drug-likeness (QED) is 0.869. The molecule has 0 heterocycles. The molecule has 18 heavy (non-hydrogen) atoms. The van der Waals surface area contributed by atoms with Gasteiger partial charge in [0.25, 0.3) is 0 Å². The summed E-state index contributed by atoms with van der Waals surface area (Å²) in [5.41, 5.74) is 4.14. The number of rotatable bonds is 5. The van der Waals surface area contributed by atoms with Crippen LogP contribution in [-0.2, 0) is 24.2 Å². The molecule has 0 saturated carbocycles. The van der Waals surface area contributed by atoms with Crippen LogP contribution in [0.15, 0.2) is 18.2 Å². The Bertz CT molecular complexity index is 440. The van der Waals surface area contributed by atoms with Crippen molar-refractivity contribution in [2.45, 2.75) is 45.7 Å². The Hall–Kier alpha value is -1.35. The van der Waals surface area contributed by atoms with Gasteiger partial charge in [0.2, 0.25) is 0 Å². The standard InChI is InChI=1S/C15H21NO2/c1-11(2)16(10-15(17)18)9-12-6-7-13-4-3-5-14(13)8-12/h6-8,11H,3-5,9-10H2,1-2H3,(H,17,18). The molecule has 0 aliphatic heterocycles. The summed E-state index contributed by atoms with van der Waals surface area (Å²) in [7, 11) is 0. The van der Waals surface area contributed by atoms with E-state index >= 15 is 0 Å². The molecule has 0 aromatic heterocycles. The van der Waals surface area contributed by atoms with E-state index in [9.17, 15) is 4.79 Å². The first-order chi connectivity index (χ1) is 8.56. The molecule has 0 fully saturated rings. The van der Waals surface area contributed by atoms with Gasteiger partial charge in [0, 0.05) is 12.6 Å². The van der Waals surface area contributed by atoms with Crippen LogP contribution >= 0.6 is 0 Å². The summed E-state index contributed by atoms with van der Waals surface area (Å²) in [4.78, 5) is 12.8. The molecule has 0 atom stereocenters. The third kappa shape index (κ3) is 3.10. The summed E-state index contributed by atoms with van der Waals surface area (Å²) >= 11 is 0. The predicted molar refractivity (Wildman–Crippen MR) is 71.6 cm³/mol. The average Bonchev–Trinajstić information content (AvgIpc) is 2.74. The lowest BCUT2D eigenvalue weighted by atomic mass is 10.1. The highest BCUT2D eigenvalue weighted by Crippen LogP contribution is 2.23. The van der Waals surface area contributed by atoms with E-state index in [4.69, 9.17) is 5.11 Å². The molecule has 0 bridgehead atoms. The lowest BCUT2D eigenvalue weighted by molar-refractivity contribution is -0.138. The number of carbonyl (C=O) groups is 1. The van der Waals surface area contributed by atoms with E-state index in [2.05, 4.69) is 18.2 Å². The molecule has 1 aromatic rings. The van der Waals surface area contributed by atoms with E-state index in [1.165, 1.54) is 36.0 Å². The first kappa shape index (κ1) is 13.1. The van der Waals surface area contributed by atoms with Crippen LogP contribution in [0.5, 0.6) is 0 Å². The lowest BCUT2D eigenvalue weighted by Crippen LogP contribution is -2.35. The molecule has 98 valence electrons. The number of fused-ring (bicyclic) bond motifs is 1. The highest BCUT2D eigenvalue weighted by atomic mass is 16.4. The molecule has 2 rings (SSSR count). The topological polar surface area (TPSA) is 40.5 Å². The van der Waals surface area contributed by atoms with Crippen LogP contribution in [0.4, 0.5) is 0 Å². The van der Waals surface area contributed by atoms with E-state index in [1.54, 1.807) is 0 Å². The summed E-state index contributed by atoms with van der Waals surface area (Å²) in [5, 5.41) is 8.92. The number of aryl methyl sites for hydroxylation is 2. The SMILES string of the molecule is CC(C)N(CC(=O)O)Cc1ccc2c(c1)CCC2. The minimum atomic E-state index is -0.759. The van der Waals surface area contributed by atoms with Gasteiger partial charge in [0.1, 0.15) is 0 Å². The first-order valence-electron chi connectivity index (χ1n) is 6.63. The van der Waals surface area contributed by atoms with Crippen molar-refractivity contribution < 1.29 is 9.90 Å². The lowest BCUT2D eigenvalue weighted by Gasteiger charge is -2.24. The molecule has 3 nitrogen and oxygen atoms in total. The van der Waals surface area contributed by atoms with Crippen molar-refractivity contribution in [2.24, 2.45) is 0 Å². The van der Waals surface area contributed by atoms with Crippen molar-refractivity contribution in [3.63, 3.8) is 0 Å². The van der Waals surface area contributed by atoms with Crippen molar-refractivity contribution in [1.29, 1.82) is 0 Å². The van der Waals surface area contributed by atoms with Gasteiger partial charge in [-0.3, -0.25) is 9.69 Å². The van der Waals surface area contributed by atoms with Crippen molar-refractivity contribution in [3.05, 3.63) is 34.9 Å². The van der Waals surface area contributed by atoms with Crippen LogP contribution in [-0.4, -0.2) is 28.6 Å². The van der Waals surface area contributed by atoms with Gasteiger partial charge in [0.05, 0.1) is 6.54 Å². The Morgan fingerprint density at radius 2 is 2.06 bits per heavy atom. The minimum Gasteiger partial charge on any atom is -0.480 e. The third-order valence-electron chi connectivity index (χ3n) is 3.62. The Morgan fingerprint density at radius 3 is 2.72 bits per heavy atom. The number of aliphatic carboxylic acids is 1. The normalized spacial score (nSPS) is 14.2. The van der Waals surface area contributed by atoms with Crippen LogP contribution in [0.3, 0.4) is 0 Å². The number of benzene rings is 1. The second-order valence-corrected chi connectivity index (χ2v) is 5.35. The number of hydrogen-bond acceptors (Lipinski definition) is 2. The number of nitrogens with zero attached hydrogens (tertiary/aromatic N) is 1. The van der Waals surface area contributed by atoms with E-state index in [0.29, 0.717) is 0 Å². The van der Waals surface area contributed by atoms with Gasteiger partial charge in [-0.25, -0.2) is 0 Å². The van der Waals surface area contributed by atoms with Gasteiger partial charge < -0.3 is 5.11 Å². The van der Waals surface area contributed by atoms with Crippen LogP contribution in [0.2, 0.25) is 0 Å². The molecule has 1 aliphatic rings. The summed E-state index contributed by atoms with van der Waals surface area (Å²) in [6, 6.07) is 6.84. The smallest absolute Gasteiger partial charge is 0.317 e. The zero-order valence-electron chi connectivity index (χ0n) is 11.1. The van der Waals surface area contributed by atoms with Crippen molar-refractivity contribution in [3.8, 4) is 0 Å².